The van der Waals surface area contributed by atoms with E-state index >= 15 is 0 Å². The van der Waals surface area contributed by atoms with Gasteiger partial charge in [0.2, 0.25) is 5.91 Å². The molecule has 8 heteroatoms. The van der Waals surface area contributed by atoms with Crippen molar-refractivity contribution in [3.63, 3.8) is 0 Å². The van der Waals surface area contributed by atoms with E-state index in [1.807, 2.05) is 13.8 Å². The zero-order valence-electron chi connectivity index (χ0n) is 14.9. The lowest BCUT2D eigenvalue weighted by Gasteiger charge is -2.18. The van der Waals surface area contributed by atoms with Crippen LogP contribution in [0.15, 0.2) is 35.3 Å². The molecule has 0 saturated carbocycles. The Morgan fingerprint density at radius 3 is 2.46 bits per heavy atom. The molecule has 0 aliphatic rings. The normalized spacial score (nSPS) is 11.1. The number of nitrogens with zero attached hydrogens (tertiary/aromatic N) is 5. The number of rotatable bonds is 5. The predicted molar refractivity (Wildman–Crippen MR) is 95.7 cm³/mol. The Kier molecular flexibility index (Phi) is 4.83. The second-order valence-electron chi connectivity index (χ2n) is 5.91. The molecule has 0 spiro atoms. The topological polar surface area (TPSA) is 73.0 Å². The molecule has 2 heterocycles. The lowest BCUT2D eigenvalue weighted by atomic mass is 10.2. The smallest absolute Gasteiger partial charge is 0.293 e. The molecule has 0 fully saturated rings. The highest BCUT2D eigenvalue weighted by Gasteiger charge is 2.18. The van der Waals surface area contributed by atoms with Crippen LogP contribution in [0.25, 0.3) is 16.6 Å². The maximum Gasteiger partial charge on any atom is 0.293 e. The number of hydrogen-bond acceptors (Lipinski definition) is 4. The molecule has 2 aromatic heterocycles. The van der Waals surface area contributed by atoms with Gasteiger partial charge in [-0.1, -0.05) is 0 Å². The van der Waals surface area contributed by atoms with Crippen LogP contribution in [-0.4, -0.2) is 43.5 Å². The van der Waals surface area contributed by atoms with Crippen molar-refractivity contribution < 1.29 is 9.18 Å². The number of halogens is 1. The molecule has 1 aromatic carbocycles. The first-order valence-corrected chi connectivity index (χ1v) is 8.45. The van der Waals surface area contributed by atoms with Gasteiger partial charge in [-0.3, -0.25) is 9.59 Å². The molecule has 0 atom stereocenters. The van der Waals surface area contributed by atoms with E-state index in [0.29, 0.717) is 35.4 Å². The van der Waals surface area contributed by atoms with E-state index in [1.165, 1.54) is 21.5 Å². The van der Waals surface area contributed by atoms with Crippen molar-refractivity contribution in [2.24, 2.45) is 0 Å². The van der Waals surface area contributed by atoms with Crippen molar-refractivity contribution in [3.8, 4) is 5.69 Å². The summed E-state index contributed by atoms with van der Waals surface area (Å²) >= 11 is 0. The highest BCUT2D eigenvalue weighted by atomic mass is 19.1. The quantitative estimate of drug-likeness (QED) is 0.699. The van der Waals surface area contributed by atoms with Gasteiger partial charge < -0.3 is 4.90 Å². The number of aryl methyl sites for hydroxylation is 1. The molecule has 0 radical (unpaired) electrons. The zero-order chi connectivity index (χ0) is 18.8. The summed E-state index contributed by atoms with van der Waals surface area (Å²) in [5.74, 6) is -0.540. The van der Waals surface area contributed by atoms with E-state index in [0.717, 1.165) is 0 Å². The van der Waals surface area contributed by atoms with E-state index < -0.39 is 5.56 Å². The summed E-state index contributed by atoms with van der Waals surface area (Å²) in [4.78, 5) is 26.9. The number of fused-ring (bicyclic) bond motifs is 1. The second-order valence-corrected chi connectivity index (χ2v) is 5.91. The number of aromatic nitrogens is 4. The fourth-order valence-electron chi connectivity index (χ4n) is 2.91. The summed E-state index contributed by atoms with van der Waals surface area (Å²) < 4.78 is 15.8. The van der Waals surface area contributed by atoms with E-state index in [2.05, 4.69) is 10.2 Å². The van der Waals surface area contributed by atoms with Crippen LogP contribution in [0.5, 0.6) is 0 Å². The van der Waals surface area contributed by atoms with E-state index in [-0.39, 0.29) is 18.3 Å². The van der Waals surface area contributed by atoms with Crippen LogP contribution in [0.1, 0.15) is 19.5 Å². The van der Waals surface area contributed by atoms with Crippen molar-refractivity contribution in [2.45, 2.75) is 27.3 Å². The molecular formula is C18H20FN5O2. The monoisotopic (exact) mass is 357 g/mol. The minimum Gasteiger partial charge on any atom is -0.342 e. The third-order valence-corrected chi connectivity index (χ3v) is 4.34. The number of hydrogen-bond donors (Lipinski definition) is 0. The van der Waals surface area contributed by atoms with Gasteiger partial charge in [-0.25, -0.2) is 13.8 Å². The molecule has 3 aromatic rings. The SMILES string of the molecule is CCN(CC)C(=O)Cn1nc(C)c2cnn(-c3ccc(F)cc3)c2c1=O. The Labute approximate surface area is 149 Å². The van der Waals surface area contributed by atoms with Crippen molar-refractivity contribution in [2.75, 3.05) is 13.1 Å². The van der Waals surface area contributed by atoms with Crippen LogP contribution in [0.4, 0.5) is 4.39 Å². The first-order valence-electron chi connectivity index (χ1n) is 8.45. The third-order valence-electron chi connectivity index (χ3n) is 4.34. The summed E-state index contributed by atoms with van der Waals surface area (Å²) in [6, 6.07) is 5.70. The van der Waals surface area contributed by atoms with Crippen LogP contribution in [0.3, 0.4) is 0 Å². The third kappa shape index (κ3) is 3.10. The van der Waals surface area contributed by atoms with Gasteiger partial charge in [-0.05, 0) is 45.0 Å². The number of amides is 1. The van der Waals surface area contributed by atoms with Crippen molar-refractivity contribution in [1.82, 2.24) is 24.5 Å². The molecule has 0 unspecified atom stereocenters. The number of carbonyl (C=O) groups is 1. The molecule has 0 aliphatic carbocycles. The molecule has 0 N–H and O–H groups in total. The summed E-state index contributed by atoms with van der Waals surface area (Å²) in [6.07, 6.45) is 1.55. The van der Waals surface area contributed by atoms with Gasteiger partial charge in [0, 0.05) is 18.5 Å². The highest BCUT2D eigenvalue weighted by molar-refractivity contribution is 5.82. The Morgan fingerprint density at radius 1 is 1.19 bits per heavy atom. The van der Waals surface area contributed by atoms with E-state index in [1.54, 1.807) is 30.2 Å². The Bertz CT molecular complexity index is 1000. The average molecular weight is 357 g/mol. The summed E-state index contributed by atoms with van der Waals surface area (Å²) in [5.41, 5.74) is 1.07. The first-order chi connectivity index (χ1) is 12.5. The maximum atomic E-state index is 13.2. The molecule has 3 rings (SSSR count). The van der Waals surface area contributed by atoms with Gasteiger partial charge in [0.15, 0.2) is 0 Å². The Balaban J connectivity index is 2.11. The minimum absolute atomic E-state index is 0.133. The predicted octanol–water partition coefficient (Wildman–Crippen LogP) is 1.90. The molecule has 136 valence electrons. The van der Waals surface area contributed by atoms with Gasteiger partial charge in [0.05, 0.1) is 17.6 Å². The minimum atomic E-state index is -0.409. The first kappa shape index (κ1) is 17.8. The fraction of sp³-hybridized carbons (Fsp3) is 0.333. The molecule has 26 heavy (non-hydrogen) atoms. The molecule has 7 nitrogen and oxygen atoms in total. The number of carbonyl (C=O) groups excluding carboxylic acids is 1. The highest BCUT2D eigenvalue weighted by Crippen LogP contribution is 2.17. The van der Waals surface area contributed by atoms with Crippen LogP contribution >= 0.6 is 0 Å². The van der Waals surface area contributed by atoms with Gasteiger partial charge in [-0.15, -0.1) is 0 Å². The summed E-state index contributed by atoms with van der Waals surface area (Å²) in [5, 5.41) is 9.11. The average Bonchev–Trinajstić information content (AvgIpc) is 3.07. The van der Waals surface area contributed by atoms with E-state index in [9.17, 15) is 14.0 Å². The Morgan fingerprint density at radius 2 is 1.85 bits per heavy atom. The standard InChI is InChI=1S/C18H20FN5O2/c1-4-22(5-2)16(25)11-23-18(26)17-15(12(3)21-23)10-20-24(17)14-8-6-13(19)7-9-14/h6-10H,4-5,11H2,1-3H3. The van der Waals surface area contributed by atoms with Crippen molar-refractivity contribution in [1.29, 1.82) is 0 Å². The number of benzene rings is 1. The van der Waals surface area contributed by atoms with Gasteiger partial charge in [-0.2, -0.15) is 10.2 Å². The number of likely N-dealkylation sites (N-methyl/N-ethyl adjacent to an activating group) is 1. The summed E-state index contributed by atoms with van der Waals surface area (Å²) in [6.45, 7) is 6.53. The molecule has 0 saturated heterocycles. The van der Waals surface area contributed by atoms with Gasteiger partial charge >= 0.3 is 0 Å². The van der Waals surface area contributed by atoms with Crippen LogP contribution in [0.2, 0.25) is 0 Å². The molecule has 1 amide bonds. The largest absolute Gasteiger partial charge is 0.342 e. The lowest BCUT2D eigenvalue weighted by molar-refractivity contribution is -0.131. The zero-order valence-corrected chi connectivity index (χ0v) is 14.9. The molecule has 0 aliphatic heterocycles. The maximum absolute atomic E-state index is 13.2. The van der Waals surface area contributed by atoms with E-state index in [4.69, 9.17) is 0 Å². The molecular weight excluding hydrogens is 337 g/mol. The van der Waals surface area contributed by atoms with Crippen LogP contribution in [-0.2, 0) is 11.3 Å². The van der Waals surface area contributed by atoms with Crippen molar-refractivity contribution >= 4 is 16.8 Å². The fourth-order valence-corrected chi connectivity index (χ4v) is 2.91. The van der Waals surface area contributed by atoms with Crippen LogP contribution < -0.4 is 5.56 Å². The van der Waals surface area contributed by atoms with Crippen LogP contribution in [0, 0.1) is 12.7 Å². The second kappa shape index (κ2) is 7.07. The van der Waals surface area contributed by atoms with Gasteiger partial charge in [0.25, 0.3) is 5.56 Å². The molecule has 0 bridgehead atoms. The Hall–Kier alpha value is -3.03. The summed E-state index contributed by atoms with van der Waals surface area (Å²) in [7, 11) is 0. The van der Waals surface area contributed by atoms with Gasteiger partial charge in [0.1, 0.15) is 17.9 Å². The van der Waals surface area contributed by atoms with Crippen molar-refractivity contribution in [3.05, 3.63) is 52.3 Å². The lowest BCUT2D eigenvalue weighted by Crippen LogP contribution is -2.37.